The van der Waals surface area contributed by atoms with Crippen molar-refractivity contribution < 1.29 is 13.5 Å². The normalized spacial score (nSPS) is 23.4. The van der Waals surface area contributed by atoms with E-state index in [9.17, 15) is 13.5 Å². The molecular weight excluding hydrogens is 304 g/mol. The van der Waals surface area contributed by atoms with E-state index in [0.29, 0.717) is 12.2 Å². The highest BCUT2D eigenvalue weighted by atomic mass is 35.5. The van der Waals surface area contributed by atoms with Gasteiger partial charge in [0.2, 0.25) is 10.0 Å². The summed E-state index contributed by atoms with van der Waals surface area (Å²) < 4.78 is 28.4. The second-order valence-electron chi connectivity index (χ2n) is 4.89. The summed E-state index contributed by atoms with van der Waals surface area (Å²) in [5.41, 5.74) is 0.596. The molecule has 1 saturated heterocycles. The van der Waals surface area contributed by atoms with Crippen LogP contribution in [0.4, 0.5) is 0 Å². The first-order valence-corrected chi connectivity index (χ1v) is 7.77. The van der Waals surface area contributed by atoms with Gasteiger partial charge in [-0.1, -0.05) is 0 Å². The largest absolute Gasteiger partial charge is 0.391 e. The van der Waals surface area contributed by atoms with Gasteiger partial charge in [0.05, 0.1) is 18.0 Å². The topological polar surface area (TPSA) is 96.2 Å². The number of rotatable bonds is 4. The minimum atomic E-state index is -3.56. The van der Waals surface area contributed by atoms with Crippen LogP contribution in [0.1, 0.15) is 12.1 Å². The van der Waals surface area contributed by atoms with Crippen molar-refractivity contribution >= 4 is 22.4 Å². The Bertz CT molecular complexity index is 546. The zero-order valence-electron chi connectivity index (χ0n) is 11.5. The minimum absolute atomic E-state index is 0. The second-order valence-corrected chi connectivity index (χ2v) is 6.63. The number of piperidine rings is 1. The molecular formula is C11H21ClN4O3S. The molecule has 1 aliphatic heterocycles. The number of halogens is 1. The lowest BCUT2D eigenvalue weighted by molar-refractivity contribution is 0.0844. The van der Waals surface area contributed by atoms with Gasteiger partial charge in [-0.15, -0.1) is 12.4 Å². The molecule has 1 aromatic heterocycles. The Kier molecular flexibility index (Phi) is 5.96. The molecule has 0 saturated carbocycles. The van der Waals surface area contributed by atoms with Crippen molar-refractivity contribution in [3.63, 3.8) is 0 Å². The van der Waals surface area contributed by atoms with E-state index in [0.717, 1.165) is 13.0 Å². The Hall–Kier alpha value is -0.670. The van der Waals surface area contributed by atoms with Crippen LogP contribution in [0.15, 0.2) is 11.1 Å². The number of β-amino-alcohol motifs (C(OH)–C–C–N with tert-alkyl or cyclic N) is 1. The third-order valence-corrected chi connectivity index (χ3v) is 5.13. The zero-order valence-corrected chi connectivity index (χ0v) is 13.2. The number of sulfonamides is 1. The molecule has 0 spiro atoms. The van der Waals surface area contributed by atoms with Crippen LogP contribution < -0.4 is 10.0 Å². The predicted octanol–water partition coefficient (Wildman–Crippen LogP) is -0.601. The molecule has 1 fully saturated rings. The van der Waals surface area contributed by atoms with Crippen LogP contribution in [0.2, 0.25) is 0 Å². The number of aromatic nitrogens is 2. The van der Waals surface area contributed by atoms with E-state index in [1.165, 1.54) is 10.9 Å². The molecule has 116 valence electrons. The van der Waals surface area contributed by atoms with Gasteiger partial charge in [-0.05, 0) is 19.9 Å². The van der Waals surface area contributed by atoms with Crippen LogP contribution in [0.25, 0.3) is 0 Å². The fourth-order valence-corrected chi connectivity index (χ4v) is 3.47. The van der Waals surface area contributed by atoms with Gasteiger partial charge in [0, 0.05) is 26.1 Å². The first-order valence-electron chi connectivity index (χ1n) is 6.29. The number of aryl methyl sites for hydroxylation is 1. The van der Waals surface area contributed by atoms with Crippen molar-refractivity contribution in [1.82, 2.24) is 19.8 Å². The van der Waals surface area contributed by atoms with Crippen LogP contribution in [-0.4, -0.2) is 49.0 Å². The molecule has 0 aromatic carbocycles. The van der Waals surface area contributed by atoms with Gasteiger partial charge in [0.25, 0.3) is 0 Å². The quantitative estimate of drug-likeness (QED) is 0.687. The molecule has 0 radical (unpaired) electrons. The van der Waals surface area contributed by atoms with Crippen LogP contribution in [0, 0.1) is 12.8 Å². The molecule has 0 aliphatic carbocycles. The van der Waals surface area contributed by atoms with Crippen LogP contribution in [-0.2, 0) is 17.1 Å². The average molecular weight is 325 g/mol. The molecule has 0 amide bonds. The molecule has 0 bridgehead atoms. The molecule has 7 nitrogen and oxygen atoms in total. The highest BCUT2D eigenvalue weighted by Crippen LogP contribution is 2.15. The van der Waals surface area contributed by atoms with Gasteiger partial charge in [-0.3, -0.25) is 4.68 Å². The van der Waals surface area contributed by atoms with Crippen molar-refractivity contribution in [3.05, 3.63) is 11.9 Å². The Morgan fingerprint density at radius 3 is 2.85 bits per heavy atom. The van der Waals surface area contributed by atoms with E-state index in [-0.39, 0.29) is 29.8 Å². The Morgan fingerprint density at radius 1 is 1.60 bits per heavy atom. The van der Waals surface area contributed by atoms with Crippen molar-refractivity contribution in [2.75, 3.05) is 19.6 Å². The highest BCUT2D eigenvalue weighted by Gasteiger charge is 2.26. The third kappa shape index (κ3) is 3.70. The van der Waals surface area contributed by atoms with E-state index in [1.807, 2.05) is 0 Å². The fourth-order valence-electron chi connectivity index (χ4n) is 2.17. The third-order valence-electron chi connectivity index (χ3n) is 3.60. The molecule has 2 rings (SSSR count). The van der Waals surface area contributed by atoms with Crippen molar-refractivity contribution in [1.29, 1.82) is 0 Å². The molecule has 9 heteroatoms. The van der Waals surface area contributed by atoms with E-state index in [1.54, 1.807) is 14.0 Å². The summed E-state index contributed by atoms with van der Waals surface area (Å²) in [5, 5.41) is 16.8. The second kappa shape index (κ2) is 6.86. The maximum absolute atomic E-state index is 12.2. The maximum Gasteiger partial charge on any atom is 0.243 e. The summed E-state index contributed by atoms with van der Waals surface area (Å²) in [7, 11) is -1.86. The summed E-state index contributed by atoms with van der Waals surface area (Å²) in [6, 6.07) is 0. The lowest BCUT2D eigenvalue weighted by atomic mass is 9.96. The van der Waals surface area contributed by atoms with Crippen molar-refractivity contribution in [2.24, 2.45) is 13.0 Å². The maximum atomic E-state index is 12.2. The molecule has 1 aliphatic rings. The summed E-state index contributed by atoms with van der Waals surface area (Å²) in [5.74, 6) is -0.0481. The van der Waals surface area contributed by atoms with Gasteiger partial charge in [-0.2, -0.15) is 5.10 Å². The monoisotopic (exact) mass is 324 g/mol. The van der Waals surface area contributed by atoms with E-state index < -0.39 is 16.1 Å². The van der Waals surface area contributed by atoms with Gasteiger partial charge in [0.15, 0.2) is 0 Å². The van der Waals surface area contributed by atoms with Crippen molar-refractivity contribution in [2.45, 2.75) is 24.3 Å². The van der Waals surface area contributed by atoms with Crippen LogP contribution in [0.5, 0.6) is 0 Å². The summed E-state index contributed by atoms with van der Waals surface area (Å²) >= 11 is 0. The lowest BCUT2D eigenvalue weighted by Crippen LogP contribution is -2.45. The fraction of sp³-hybridized carbons (Fsp3) is 0.727. The average Bonchev–Trinajstić information content (AvgIpc) is 2.70. The van der Waals surface area contributed by atoms with E-state index >= 15 is 0 Å². The lowest BCUT2D eigenvalue weighted by Gasteiger charge is -2.28. The zero-order chi connectivity index (χ0) is 14.0. The summed E-state index contributed by atoms with van der Waals surface area (Å²) in [6.07, 6.45) is 1.60. The first kappa shape index (κ1) is 17.4. The molecule has 1 aromatic rings. The predicted molar refractivity (Wildman–Crippen MR) is 77.4 cm³/mol. The number of aliphatic hydroxyl groups excluding tert-OH is 1. The molecule has 20 heavy (non-hydrogen) atoms. The number of nitrogens with one attached hydrogen (secondary N) is 2. The first-order chi connectivity index (χ1) is 8.92. The molecule has 3 N–H and O–H groups in total. The molecule has 2 atom stereocenters. The SMILES string of the molecule is Cc1c(S(=O)(=O)NC[C@@H]2CCNC[C@H]2O)cnn1C.Cl. The summed E-state index contributed by atoms with van der Waals surface area (Å²) in [4.78, 5) is 0.193. The van der Waals surface area contributed by atoms with Gasteiger partial charge in [-0.25, -0.2) is 13.1 Å². The Balaban J connectivity index is 0.00000200. The number of hydrogen-bond donors (Lipinski definition) is 3. The number of aliphatic hydroxyl groups is 1. The van der Waals surface area contributed by atoms with Gasteiger partial charge in [0.1, 0.15) is 4.90 Å². The Morgan fingerprint density at radius 2 is 2.30 bits per heavy atom. The van der Waals surface area contributed by atoms with Gasteiger partial charge < -0.3 is 10.4 Å². The van der Waals surface area contributed by atoms with E-state index in [4.69, 9.17) is 0 Å². The van der Waals surface area contributed by atoms with Crippen molar-refractivity contribution in [3.8, 4) is 0 Å². The van der Waals surface area contributed by atoms with Gasteiger partial charge >= 0.3 is 0 Å². The minimum Gasteiger partial charge on any atom is -0.391 e. The number of nitrogens with zero attached hydrogens (tertiary/aromatic N) is 2. The van der Waals surface area contributed by atoms with E-state index in [2.05, 4.69) is 15.1 Å². The smallest absolute Gasteiger partial charge is 0.243 e. The Labute approximate surface area is 125 Å². The molecule has 2 heterocycles. The van der Waals surface area contributed by atoms with Crippen LogP contribution in [0.3, 0.4) is 0 Å². The molecule has 0 unspecified atom stereocenters. The summed E-state index contributed by atoms with van der Waals surface area (Å²) in [6.45, 7) is 3.27. The number of hydrogen-bond acceptors (Lipinski definition) is 5. The highest BCUT2D eigenvalue weighted by molar-refractivity contribution is 7.89. The van der Waals surface area contributed by atoms with Crippen LogP contribution >= 0.6 is 12.4 Å². The standard InChI is InChI=1S/C11H20N4O3S.ClH/c1-8-11(7-13-15(8)2)19(17,18)14-5-9-3-4-12-6-10(9)16;/h7,9-10,12,14,16H,3-6H2,1-2H3;1H/t9-,10+;/m0./s1.